The third-order valence-corrected chi connectivity index (χ3v) is 4.12. The summed E-state index contributed by atoms with van der Waals surface area (Å²) in [7, 11) is 0. The summed E-state index contributed by atoms with van der Waals surface area (Å²) in [6, 6.07) is 4.75. The van der Waals surface area contributed by atoms with E-state index in [2.05, 4.69) is 5.32 Å². The van der Waals surface area contributed by atoms with Crippen LogP contribution in [0.4, 0.5) is 0 Å². The van der Waals surface area contributed by atoms with Gasteiger partial charge in [0.05, 0.1) is 6.54 Å². The zero-order valence-electron chi connectivity index (χ0n) is 11.0. The molecule has 2 N–H and O–H groups in total. The Balaban J connectivity index is 1.98. The van der Waals surface area contributed by atoms with E-state index >= 15 is 0 Å². The van der Waals surface area contributed by atoms with Gasteiger partial charge in [0.25, 0.3) is 11.8 Å². The molecule has 1 saturated heterocycles. The number of hydrogen-bond acceptors (Lipinski definition) is 4. The van der Waals surface area contributed by atoms with E-state index in [0.29, 0.717) is 11.1 Å². The summed E-state index contributed by atoms with van der Waals surface area (Å²) >= 11 is 0. The van der Waals surface area contributed by atoms with Crippen molar-refractivity contribution >= 4 is 17.7 Å². The number of phenols is 1. The SMILES string of the molecule is C[C@]1(N2Cc3c(O)cccc3C2=O)CCC(=O)NC1=O. The van der Waals surface area contributed by atoms with Crippen molar-refractivity contribution in [3.05, 3.63) is 29.3 Å². The molecule has 0 radical (unpaired) electrons. The fourth-order valence-electron chi connectivity index (χ4n) is 2.77. The van der Waals surface area contributed by atoms with Crippen molar-refractivity contribution in [2.24, 2.45) is 0 Å². The second-order valence-electron chi connectivity index (χ2n) is 5.35. The predicted molar refractivity (Wildman–Crippen MR) is 68.8 cm³/mol. The quantitative estimate of drug-likeness (QED) is 0.732. The maximum Gasteiger partial charge on any atom is 0.255 e. The van der Waals surface area contributed by atoms with Gasteiger partial charge < -0.3 is 10.0 Å². The molecule has 0 unspecified atom stereocenters. The first-order valence-corrected chi connectivity index (χ1v) is 6.40. The van der Waals surface area contributed by atoms with E-state index in [1.54, 1.807) is 19.1 Å². The van der Waals surface area contributed by atoms with Crippen molar-refractivity contribution in [2.45, 2.75) is 31.8 Å². The van der Waals surface area contributed by atoms with Crippen LogP contribution in [-0.2, 0) is 16.1 Å². The lowest BCUT2D eigenvalue weighted by Gasteiger charge is -2.39. The van der Waals surface area contributed by atoms with Crippen LogP contribution >= 0.6 is 0 Å². The number of nitrogens with one attached hydrogen (secondary N) is 1. The summed E-state index contributed by atoms with van der Waals surface area (Å²) in [4.78, 5) is 37.2. The predicted octanol–water partition coefficient (Wildman–Crippen LogP) is 0.543. The number of rotatable bonds is 1. The molecule has 3 rings (SSSR count). The van der Waals surface area contributed by atoms with Crippen molar-refractivity contribution in [3.63, 3.8) is 0 Å². The van der Waals surface area contributed by atoms with Crippen LogP contribution in [0.3, 0.4) is 0 Å². The number of hydrogen-bond donors (Lipinski definition) is 2. The lowest BCUT2D eigenvalue weighted by atomic mass is 9.89. The number of aromatic hydroxyl groups is 1. The summed E-state index contributed by atoms with van der Waals surface area (Å²) in [6.07, 6.45) is 0.493. The van der Waals surface area contributed by atoms with E-state index in [-0.39, 0.29) is 37.0 Å². The molecule has 104 valence electrons. The molecular weight excluding hydrogens is 260 g/mol. The van der Waals surface area contributed by atoms with Gasteiger partial charge in [-0.15, -0.1) is 0 Å². The summed E-state index contributed by atoms with van der Waals surface area (Å²) in [5, 5.41) is 12.1. The molecule has 0 spiro atoms. The number of benzene rings is 1. The zero-order chi connectivity index (χ0) is 14.5. The molecule has 20 heavy (non-hydrogen) atoms. The Bertz CT molecular complexity index is 640. The average molecular weight is 274 g/mol. The minimum absolute atomic E-state index is 0.0502. The van der Waals surface area contributed by atoms with Gasteiger partial charge in [-0.3, -0.25) is 19.7 Å². The number of amides is 3. The Morgan fingerprint density at radius 2 is 2.05 bits per heavy atom. The number of piperidine rings is 1. The second-order valence-corrected chi connectivity index (χ2v) is 5.35. The van der Waals surface area contributed by atoms with E-state index < -0.39 is 11.4 Å². The fourth-order valence-corrected chi connectivity index (χ4v) is 2.77. The summed E-state index contributed by atoms with van der Waals surface area (Å²) in [6.45, 7) is 1.83. The van der Waals surface area contributed by atoms with E-state index in [9.17, 15) is 19.5 Å². The van der Waals surface area contributed by atoms with Gasteiger partial charge in [-0.1, -0.05) is 6.07 Å². The van der Waals surface area contributed by atoms with Crippen LogP contribution in [-0.4, -0.2) is 33.3 Å². The Kier molecular flexibility index (Phi) is 2.57. The monoisotopic (exact) mass is 274 g/mol. The van der Waals surface area contributed by atoms with Crippen molar-refractivity contribution in [2.75, 3.05) is 0 Å². The van der Waals surface area contributed by atoms with Gasteiger partial charge in [0, 0.05) is 17.5 Å². The van der Waals surface area contributed by atoms with Crippen LogP contribution in [0.15, 0.2) is 18.2 Å². The first kappa shape index (κ1) is 12.7. The summed E-state index contributed by atoms with van der Waals surface area (Å²) in [5.41, 5.74) is -0.115. The van der Waals surface area contributed by atoms with Crippen LogP contribution in [0.2, 0.25) is 0 Å². The average Bonchev–Trinajstić information content (AvgIpc) is 2.75. The molecule has 1 fully saturated rings. The van der Waals surface area contributed by atoms with Crippen molar-refractivity contribution in [1.29, 1.82) is 0 Å². The Hall–Kier alpha value is -2.37. The highest BCUT2D eigenvalue weighted by Crippen LogP contribution is 2.37. The topological polar surface area (TPSA) is 86.7 Å². The van der Waals surface area contributed by atoms with Crippen molar-refractivity contribution in [1.82, 2.24) is 10.2 Å². The lowest BCUT2D eigenvalue weighted by Crippen LogP contribution is -2.61. The molecule has 6 heteroatoms. The molecule has 1 atom stereocenters. The summed E-state index contributed by atoms with van der Waals surface area (Å²) < 4.78 is 0. The van der Waals surface area contributed by atoms with Crippen LogP contribution in [0.25, 0.3) is 0 Å². The molecule has 0 saturated carbocycles. The standard InChI is InChI=1S/C14H14N2O4/c1-14(6-5-11(18)15-13(14)20)16-7-9-8(12(16)19)3-2-4-10(9)17/h2-4,17H,5-7H2,1H3,(H,15,18,20)/t14-/m0/s1. The molecule has 1 aromatic rings. The van der Waals surface area contributed by atoms with Gasteiger partial charge in [-0.2, -0.15) is 0 Å². The van der Waals surface area contributed by atoms with Crippen molar-refractivity contribution < 1.29 is 19.5 Å². The maximum atomic E-state index is 12.4. The number of carbonyl (C=O) groups excluding carboxylic acids is 3. The van der Waals surface area contributed by atoms with E-state index in [4.69, 9.17) is 0 Å². The van der Waals surface area contributed by atoms with Crippen LogP contribution in [0.1, 0.15) is 35.7 Å². The first-order valence-electron chi connectivity index (χ1n) is 6.40. The minimum atomic E-state index is -1.06. The lowest BCUT2D eigenvalue weighted by molar-refractivity contribution is -0.142. The highest BCUT2D eigenvalue weighted by Gasteiger charge is 2.48. The fraction of sp³-hybridized carbons (Fsp3) is 0.357. The maximum absolute atomic E-state index is 12.4. The Morgan fingerprint density at radius 1 is 1.30 bits per heavy atom. The smallest absolute Gasteiger partial charge is 0.255 e. The Morgan fingerprint density at radius 3 is 2.70 bits per heavy atom. The number of imide groups is 1. The van der Waals surface area contributed by atoms with Crippen molar-refractivity contribution in [3.8, 4) is 5.75 Å². The van der Waals surface area contributed by atoms with E-state index in [1.165, 1.54) is 11.0 Å². The van der Waals surface area contributed by atoms with Gasteiger partial charge in [0.1, 0.15) is 11.3 Å². The molecule has 0 bridgehead atoms. The van der Waals surface area contributed by atoms with Crippen LogP contribution in [0.5, 0.6) is 5.75 Å². The molecule has 0 aliphatic carbocycles. The second kappa shape index (κ2) is 4.06. The molecule has 2 aliphatic heterocycles. The van der Waals surface area contributed by atoms with Crippen LogP contribution < -0.4 is 5.32 Å². The number of nitrogens with zero attached hydrogens (tertiary/aromatic N) is 1. The van der Waals surface area contributed by atoms with E-state index in [0.717, 1.165) is 0 Å². The molecule has 2 heterocycles. The Labute approximate surface area is 115 Å². The summed E-state index contributed by atoms with van der Waals surface area (Å²) in [5.74, 6) is -1.02. The van der Waals surface area contributed by atoms with Gasteiger partial charge in [0.15, 0.2) is 0 Å². The normalized spacial score (nSPS) is 25.6. The molecule has 0 aromatic heterocycles. The molecule has 2 aliphatic rings. The van der Waals surface area contributed by atoms with Gasteiger partial charge in [-0.05, 0) is 25.5 Å². The molecular formula is C14H14N2O4. The molecule has 6 nitrogen and oxygen atoms in total. The zero-order valence-corrected chi connectivity index (χ0v) is 11.0. The first-order chi connectivity index (χ1) is 9.43. The van der Waals surface area contributed by atoms with Crippen LogP contribution in [0, 0.1) is 0 Å². The van der Waals surface area contributed by atoms with Gasteiger partial charge >= 0.3 is 0 Å². The number of fused-ring (bicyclic) bond motifs is 1. The third-order valence-electron chi connectivity index (χ3n) is 4.12. The number of phenolic OH excluding ortho intramolecular Hbond substituents is 1. The number of carbonyl (C=O) groups is 3. The third kappa shape index (κ3) is 1.61. The molecule has 1 aromatic carbocycles. The highest BCUT2D eigenvalue weighted by atomic mass is 16.3. The largest absolute Gasteiger partial charge is 0.508 e. The van der Waals surface area contributed by atoms with Gasteiger partial charge in [-0.25, -0.2) is 0 Å². The molecule has 3 amide bonds. The van der Waals surface area contributed by atoms with Gasteiger partial charge in [0.2, 0.25) is 5.91 Å². The van der Waals surface area contributed by atoms with E-state index in [1.807, 2.05) is 0 Å². The minimum Gasteiger partial charge on any atom is -0.508 e. The highest BCUT2D eigenvalue weighted by molar-refractivity contribution is 6.07.